The third-order valence-corrected chi connectivity index (χ3v) is 3.51. The highest BCUT2D eigenvalue weighted by molar-refractivity contribution is 7.89. The number of hydrogen-bond donors (Lipinski definition) is 1. The van der Waals surface area contributed by atoms with Gasteiger partial charge >= 0.3 is 0 Å². The number of sulfonamides is 1. The Labute approximate surface area is 118 Å². The lowest BCUT2D eigenvalue weighted by molar-refractivity contribution is 0.448. The number of halogens is 3. The maximum Gasteiger partial charge on any atom is 0.273 e. The first kappa shape index (κ1) is 15.4. The molecule has 1 aromatic carbocycles. The average molecular weight is 320 g/mol. The molecule has 0 atom stereocenters. The molecule has 21 heavy (non-hydrogen) atoms. The predicted octanol–water partition coefficient (Wildman–Crippen LogP) is 1.42. The normalized spacial score (nSPS) is 11.9. The minimum Gasteiger partial charge on any atom is -0.297 e. The molecule has 6 nitrogen and oxygen atoms in total. The first-order valence-electron chi connectivity index (χ1n) is 5.87. The summed E-state index contributed by atoms with van der Waals surface area (Å²) < 4.78 is 63.9. The van der Waals surface area contributed by atoms with Crippen molar-refractivity contribution in [2.75, 3.05) is 0 Å². The van der Waals surface area contributed by atoms with Gasteiger partial charge in [-0.1, -0.05) is 6.92 Å². The second-order valence-corrected chi connectivity index (χ2v) is 5.68. The van der Waals surface area contributed by atoms with Gasteiger partial charge in [0.25, 0.3) is 15.2 Å². The Morgan fingerprint density at radius 2 is 1.86 bits per heavy atom. The third-order valence-electron chi connectivity index (χ3n) is 2.69. The van der Waals surface area contributed by atoms with Crippen molar-refractivity contribution >= 4 is 10.0 Å². The van der Waals surface area contributed by atoms with Gasteiger partial charge in [-0.15, -0.1) is 10.2 Å². The van der Waals surface area contributed by atoms with E-state index in [1.807, 2.05) is 0 Å². The van der Waals surface area contributed by atoms with Gasteiger partial charge in [0.2, 0.25) is 0 Å². The molecule has 0 saturated heterocycles. The van der Waals surface area contributed by atoms with Crippen molar-refractivity contribution in [1.29, 1.82) is 0 Å². The van der Waals surface area contributed by atoms with E-state index in [1.165, 1.54) is 0 Å². The first-order chi connectivity index (χ1) is 9.77. The highest BCUT2D eigenvalue weighted by atomic mass is 32.2. The van der Waals surface area contributed by atoms with E-state index in [2.05, 4.69) is 10.2 Å². The smallest absolute Gasteiger partial charge is 0.273 e. The fraction of sp³-hybridized carbons (Fsp3) is 0.273. The predicted molar refractivity (Wildman–Crippen MR) is 67.0 cm³/mol. The average Bonchev–Trinajstić information content (AvgIpc) is 2.80. The SMILES string of the molecule is CCCn1c(-c2ccc(F)c(F)c2F)nnc1S(N)(=O)=O. The molecule has 0 aliphatic carbocycles. The van der Waals surface area contributed by atoms with Crippen molar-refractivity contribution in [3.63, 3.8) is 0 Å². The van der Waals surface area contributed by atoms with Crippen molar-refractivity contribution in [2.45, 2.75) is 25.0 Å². The third kappa shape index (κ3) is 2.76. The second kappa shape index (κ2) is 5.45. The van der Waals surface area contributed by atoms with Crippen LogP contribution in [0.4, 0.5) is 13.2 Å². The van der Waals surface area contributed by atoms with Crippen LogP contribution in [0.25, 0.3) is 11.4 Å². The van der Waals surface area contributed by atoms with E-state index < -0.39 is 38.2 Å². The molecule has 1 heterocycles. The number of nitrogens with zero attached hydrogens (tertiary/aromatic N) is 3. The van der Waals surface area contributed by atoms with E-state index in [-0.39, 0.29) is 12.4 Å². The van der Waals surface area contributed by atoms with Crippen molar-refractivity contribution in [3.05, 3.63) is 29.6 Å². The van der Waals surface area contributed by atoms with Crippen LogP contribution >= 0.6 is 0 Å². The Morgan fingerprint density at radius 1 is 1.19 bits per heavy atom. The van der Waals surface area contributed by atoms with Crippen LogP contribution in [0, 0.1) is 17.5 Å². The van der Waals surface area contributed by atoms with Gasteiger partial charge in [0, 0.05) is 6.54 Å². The summed E-state index contributed by atoms with van der Waals surface area (Å²) in [6.45, 7) is 1.85. The van der Waals surface area contributed by atoms with Gasteiger partial charge in [-0.2, -0.15) is 0 Å². The Morgan fingerprint density at radius 3 is 2.43 bits per heavy atom. The molecule has 1 aromatic heterocycles. The molecular formula is C11H11F3N4O2S. The van der Waals surface area contributed by atoms with Crippen LogP contribution in [0.3, 0.4) is 0 Å². The van der Waals surface area contributed by atoms with Crippen molar-refractivity contribution in [1.82, 2.24) is 14.8 Å². The van der Waals surface area contributed by atoms with Gasteiger partial charge in [-0.25, -0.2) is 26.7 Å². The molecule has 2 N–H and O–H groups in total. The molecule has 0 aliphatic rings. The molecule has 0 bridgehead atoms. The summed E-state index contributed by atoms with van der Waals surface area (Å²) in [5, 5.41) is 11.3. The van der Waals surface area contributed by atoms with E-state index in [0.717, 1.165) is 16.7 Å². The summed E-state index contributed by atoms with van der Waals surface area (Å²) in [6, 6.07) is 1.67. The summed E-state index contributed by atoms with van der Waals surface area (Å²) in [5.41, 5.74) is -0.398. The van der Waals surface area contributed by atoms with E-state index in [0.29, 0.717) is 6.42 Å². The molecule has 114 valence electrons. The number of nitrogens with two attached hydrogens (primary N) is 1. The minimum atomic E-state index is -4.17. The van der Waals surface area contributed by atoms with Gasteiger partial charge < -0.3 is 0 Å². The van der Waals surface area contributed by atoms with Crippen LogP contribution in [-0.4, -0.2) is 23.2 Å². The highest BCUT2D eigenvalue weighted by Gasteiger charge is 2.25. The second-order valence-electron chi connectivity index (χ2n) is 4.23. The summed E-state index contributed by atoms with van der Waals surface area (Å²) >= 11 is 0. The molecular weight excluding hydrogens is 309 g/mol. The van der Waals surface area contributed by atoms with E-state index in [4.69, 9.17) is 5.14 Å². The maximum absolute atomic E-state index is 13.8. The van der Waals surface area contributed by atoms with Crippen LogP contribution in [-0.2, 0) is 16.6 Å². The molecule has 0 aliphatic heterocycles. The number of hydrogen-bond acceptors (Lipinski definition) is 4. The van der Waals surface area contributed by atoms with Crippen LogP contribution in [0.1, 0.15) is 13.3 Å². The van der Waals surface area contributed by atoms with Gasteiger partial charge in [0.05, 0.1) is 5.56 Å². The van der Waals surface area contributed by atoms with Gasteiger partial charge in [0.15, 0.2) is 23.3 Å². The van der Waals surface area contributed by atoms with E-state index >= 15 is 0 Å². The van der Waals surface area contributed by atoms with E-state index in [9.17, 15) is 21.6 Å². The molecule has 0 spiro atoms. The fourth-order valence-corrected chi connectivity index (χ4v) is 2.46. The first-order valence-corrected chi connectivity index (χ1v) is 7.41. The van der Waals surface area contributed by atoms with Crippen molar-refractivity contribution in [2.24, 2.45) is 5.14 Å². The zero-order valence-corrected chi connectivity index (χ0v) is 11.7. The van der Waals surface area contributed by atoms with Crippen molar-refractivity contribution < 1.29 is 21.6 Å². The number of primary sulfonamides is 1. The molecule has 0 saturated carbocycles. The summed E-state index contributed by atoms with van der Waals surface area (Å²) in [6.07, 6.45) is 0.471. The van der Waals surface area contributed by atoms with Crippen LogP contribution < -0.4 is 5.14 Å². The standard InChI is InChI=1S/C11H11F3N4O2S/c1-2-5-18-10(16-17-11(18)21(15,19)20)6-3-4-7(12)9(14)8(6)13/h3-4H,2,5H2,1H3,(H2,15,19,20). The number of rotatable bonds is 4. The molecule has 0 amide bonds. The van der Waals surface area contributed by atoms with Crippen LogP contribution in [0.15, 0.2) is 17.3 Å². The van der Waals surface area contributed by atoms with Gasteiger partial charge in [-0.3, -0.25) is 4.57 Å². The monoisotopic (exact) mass is 320 g/mol. The largest absolute Gasteiger partial charge is 0.297 e. The summed E-state index contributed by atoms with van der Waals surface area (Å²) in [7, 11) is -4.17. The quantitative estimate of drug-likeness (QED) is 0.863. The molecule has 2 rings (SSSR count). The van der Waals surface area contributed by atoms with Gasteiger partial charge in [0.1, 0.15) is 0 Å². The summed E-state index contributed by atoms with van der Waals surface area (Å²) in [5.74, 6) is -4.74. The summed E-state index contributed by atoms with van der Waals surface area (Å²) in [4.78, 5) is 0. The molecule has 0 unspecified atom stereocenters. The van der Waals surface area contributed by atoms with Crippen LogP contribution in [0.5, 0.6) is 0 Å². The molecule has 0 fully saturated rings. The Kier molecular flexibility index (Phi) is 4.01. The van der Waals surface area contributed by atoms with E-state index in [1.54, 1.807) is 6.92 Å². The molecule has 2 aromatic rings. The van der Waals surface area contributed by atoms with Crippen molar-refractivity contribution in [3.8, 4) is 11.4 Å². The Hall–Kier alpha value is -1.94. The zero-order chi connectivity index (χ0) is 15.8. The topological polar surface area (TPSA) is 90.9 Å². The van der Waals surface area contributed by atoms with Gasteiger partial charge in [-0.05, 0) is 18.6 Å². The zero-order valence-electron chi connectivity index (χ0n) is 10.8. The highest BCUT2D eigenvalue weighted by Crippen LogP contribution is 2.26. The fourth-order valence-electron chi connectivity index (χ4n) is 1.82. The minimum absolute atomic E-state index is 0.118. The lowest BCUT2D eigenvalue weighted by Gasteiger charge is -2.09. The number of aromatic nitrogens is 3. The maximum atomic E-state index is 13.8. The lowest BCUT2D eigenvalue weighted by atomic mass is 10.2. The Balaban J connectivity index is 2.71. The molecule has 10 heteroatoms. The van der Waals surface area contributed by atoms with Crippen LogP contribution in [0.2, 0.25) is 0 Å². The number of benzene rings is 1. The molecule has 0 radical (unpaired) electrons. The Bertz CT molecular complexity index is 789. The lowest BCUT2D eigenvalue weighted by Crippen LogP contribution is -2.19.